The lowest BCUT2D eigenvalue weighted by molar-refractivity contribution is -0.131. The first kappa shape index (κ1) is 13.9. The van der Waals surface area contributed by atoms with Crippen molar-refractivity contribution in [2.75, 3.05) is 0 Å². The lowest BCUT2D eigenvalue weighted by Gasteiger charge is -2.06. The minimum absolute atomic E-state index is 0.650. The number of carboxylic acids is 1. The molecule has 0 unspecified atom stereocenters. The summed E-state index contributed by atoms with van der Waals surface area (Å²) in [4.78, 5) is 10.5. The zero-order valence-electron chi connectivity index (χ0n) is 11.6. The standard InChI is InChI=1S/C15H16N2O3/c1-10-15(11(2)17(3)16-10)20-13-6-4-5-12(9-13)7-8-14(18)19/h4-9H,1-3H3,(H,18,19). The van der Waals surface area contributed by atoms with Crippen molar-refractivity contribution in [2.24, 2.45) is 7.05 Å². The quantitative estimate of drug-likeness (QED) is 0.869. The topological polar surface area (TPSA) is 64.4 Å². The van der Waals surface area contributed by atoms with E-state index in [4.69, 9.17) is 9.84 Å². The zero-order chi connectivity index (χ0) is 14.7. The largest absolute Gasteiger partial charge is 0.478 e. The van der Waals surface area contributed by atoms with Crippen molar-refractivity contribution in [1.29, 1.82) is 0 Å². The molecule has 2 aromatic rings. The number of carboxylic acid groups (broad SMARTS) is 1. The first-order valence-corrected chi connectivity index (χ1v) is 6.16. The van der Waals surface area contributed by atoms with Gasteiger partial charge >= 0.3 is 5.97 Å². The molecule has 104 valence electrons. The van der Waals surface area contributed by atoms with Gasteiger partial charge in [0.25, 0.3) is 0 Å². The smallest absolute Gasteiger partial charge is 0.328 e. The molecule has 0 saturated carbocycles. The molecule has 1 N–H and O–H groups in total. The molecule has 0 amide bonds. The molecule has 0 aliphatic heterocycles. The van der Waals surface area contributed by atoms with E-state index in [1.165, 1.54) is 6.08 Å². The highest BCUT2D eigenvalue weighted by atomic mass is 16.5. The molecule has 1 aromatic heterocycles. The van der Waals surface area contributed by atoms with Crippen molar-refractivity contribution >= 4 is 12.0 Å². The first-order chi connectivity index (χ1) is 9.47. The molecule has 5 nitrogen and oxygen atoms in total. The number of ether oxygens (including phenoxy) is 1. The molecule has 1 aromatic carbocycles. The molecule has 5 heteroatoms. The van der Waals surface area contributed by atoms with Gasteiger partial charge in [-0.2, -0.15) is 5.10 Å². The van der Waals surface area contributed by atoms with Gasteiger partial charge in [0.05, 0.1) is 5.69 Å². The summed E-state index contributed by atoms with van der Waals surface area (Å²) in [6.07, 6.45) is 2.62. The Morgan fingerprint density at radius 2 is 2.15 bits per heavy atom. The van der Waals surface area contributed by atoms with Crippen molar-refractivity contribution in [3.05, 3.63) is 47.3 Å². The highest BCUT2D eigenvalue weighted by molar-refractivity contribution is 5.85. The molecule has 0 fully saturated rings. The number of aliphatic carboxylic acids is 1. The van der Waals surface area contributed by atoms with Gasteiger partial charge in [0.15, 0.2) is 5.75 Å². The van der Waals surface area contributed by atoms with Crippen LogP contribution in [0.2, 0.25) is 0 Å². The predicted octanol–water partition coefficient (Wildman–Crippen LogP) is 2.93. The van der Waals surface area contributed by atoms with E-state index in [1.54, 1.807) is 10.7 Å². The normalized spacial score (nSPS) is 10.9. The van der Waals surface area contributed by atoms with Gasteiger partial charge in [-0.1, -0.05) is 12.1 Å². The summed E-state index contributed by atoms with van der Waals surface area (Å²) >= 11 is 0. The van der Waals surface area contributed by atoms with Crippen LogP contribution in [0.1, 0.15) is 17.0 Å². The lowest BCUT2D eigenvalue weighted by atomic mass is 10.2. The summed E-state index contributed by atoms with van der Waals surface area (Å²) in [6, 6.07) is 7.24. The first-order valence-electron chi connectivity index (χ1n) is 6.16. The Morgan fingerprint density at radius 1 is 1.40 bits per heavy atom. The SMILES string of the molecule is Cc1nn(C)c(C)c1Oc1cccc(C=CC(=O)O)c1. The van der Waals surface area contributed by atoms with Crippen LogP contribution in [0.25, 0.3) is 6.08 Å². The minimum atomic E-state index is -0.977. The van der Waals surface area contributed by atoms with Crippen LogP contribution < -0.4 is 4.74 Å². The fourth-order valence-electron chi connectivity index (χ4n) is 1.87. The Kier molecular flexibility index (Phi) is 3.89. The predicted molar refractivity (Wildman–Crippen MR) is 75.9 cm³/mol. The molecule has 0 saturated heterocycles. The molecule has 20 heavy (non-hydrogen) atoms. The highest BCUT2D eigenvalue weighted by Gasteiger charge is 2.11. The van der Waals surface area contributed by atoms with Gasteiger partial charge in [-0.15, -0.1) is 0 Å². The van der Waals surface area contributed by atoms with Crippen LogP contribution in [-0.4, -0.2) is 20.9 Å². The number of nitrogens with zero attached hydrogens (tertiary/aromatic N) is 2. The molecule has 2 rings (SSSR count). The maximum atomic E-state index is 10.5. The summed E-state index contributed by atoms with van der Waals surface area (Å²) < 4.78 is 7.61. The Morgan fingerprint density at radius 3 is 2.75 bits per heavy atom. The van der Waals surface area contributed by atoms with Crippen molar-refractivity contribution in [3.63, 3.8) is 0 Å². The van der Waals surface area contributed by atoms with Gasteiger partial charge in [0.1, 0.15) is 11.4 Å². The molecule has 0 spiro atoms. The Balaban J connectivity index is 2.26. The molecular weight excluding hydrogens is 256 g/mol. The maximum Gasteiger partial charge on any atom is 0.328 e. The molecule has 0 bridgehead atoms. The van der Waals surface area contributed by atoms with Gasteiger partial charge in [-0.05, 0) is 37.6 Å². The zero-order valence-corrected chi connectivity index (χ0v) is 11.6. The van der Waals surface area contributed by atoms with E-state index < -0.39 is 5.97 Å². The van der Waals surface area contributed by atoms with Crippen LogP contribution >= 0.6 is 0 Å². The number of aryl methyl sites for hydroxylation is 2. The van der Waals surface area contributed by atoms with E-state index in [1.807, 2.05) is 39.1 Å². The summed E-state index contributed by atoms with van der Waals surface area (Å²) in [7, 11) is 1.86. The third kappa shape index (κ3) is 3.06. The van der Waals surface area contributed by atoms with E-state index in [9.17, 15) is 4.79 Å². The number of rotatable bonds is 4. The number of benzene rings is 1. The second-order valence-corrected chi connectivity index (χ2v) is 4.47. The van der Waals surface area contributed by atoms with E-state index in [0.29, 0.717) is 5.75 Å². The van der Waals surface area contributed by atoms with Crippen LogP contribution in [-0.2, 0) is 11.8 Å². The summed E-state index contributed by atoms with van der Waals surface area (Å²) in [5, 5.41) is 12.9. The average Bonchev–Trinajstić information content (AvgIpc) is 2.64. The Labute approximate surface area is 117 Å². The number of hydrogen-bond acceptors (Lipinski definition) is 3. The van der Waals surface area contributed by atoms with Crippen LogP contribution in [0.3, 0.4) is 0 Å². The number of hydrogen-bond donors (Lipinski definition) is 1. The molecule has 0 aliphatic carbocycles. The summed E-state index contributed by atoms with van der Waals surface area (Å²) in [6.45, 7) is 3.82. The van der Waals surface area contributed by atoms with Gasteiger partial charge in [0, 0.05) is 13.1 Å². The van der Waals surface area contributed by atoms with Gasteiger partial charge in [0.2, 0.25) is 0 Å². The Bertz CT molecular complexity index is 672. The second kappa shape index (κ2) is 5.61. The average molecular weight is 272 g/mol. The summed E-state index contributed by atoms with van der Waals surface area (Å²) in [5.74, 6) is 0.402. The maximum absolute atomic E-state index is 10.5. The van der Waals surface area contributed by atoms with Crippen molar-refractivity contribution in [1.82, 2.24) is 9.78 Å². The second-order valence-electron chi connectivity index (χ2n) is 4.47. The van der Waals surface area contributed by atoms with E-state index in [2.05, 4.69) is 5.10 Å². The van der Waals surface area contributed by atoms with Crippen LogP contribution in [0.5, 0.6) is 11.5 Å². The fourth-order valence-corrected chi connectivity index (χ4v) is 1.87. The highest BCUT2D eigenvalue weighted by Crippen LogP contribution is 2.28. The minimum Gasteiger partial charge on any atom is -0.478 e. The van der Waals surface area contributed by atoms with E-state index >= 15 is 0 Å². The van der Waals surface area contributed by atoms with E-state index in [0.717, 1.165) is 28.8 Å². The Hall–Kier alpha value is -2.56. The molecule has 0 radical (unpaired) electrons. The van der Waals surface area contributed by atoms with Crippen LogP contribution in [0, 0.1) is 13.8 Å². The van der Waals surface area contributed by atoms with Crippen LogP contribution in [0.4, 0.5) is 0 Å². The molecule has 1 heterocycles. The molecular formula is C15H16N2O3. The fraction of sp³-hybridized carbons (Fsp3) is 0.200. The molecule has 0 atom stereocenters. The van der Waals surface area contributed by atoms with Gasteiger partial charge in [-0.25, -0.2) is 4.79 Å². The molecule has 0 aliphatic rings. The van der Waals surface area contributed by atoms with Gasteiger partial charge < -0.3 is 9.84 Å². The van der Waals surface area contributed by atoms with Gasteiger partial charge in [-0.3, -0.25) is 4.68 Å². The van der Waals surface area contributed by atoms with Crippen molar-refractivity contribution in [3.8, 4) is 11.5 Å². The van der Waals surface area contributed by atoms with Crippen molar-refractivity contribution < 1.29 is 14.6 Å². The summed E-state index contributed by atoms with van der Waals surface area (Å²) in [5.41, 5.74) is 2.52. The van der Waals surface area contributed by atoms with E-state index in [-0.39, 0.29) is 0 Å². The number of carbonyl (C=O) groups is 1. The lowest BCUT2D eigenvalue weighted by Crippen LogP contribution is -1.93. The third-order valence-electron chi connectivity index (χ3n) is 2.94. The monoisotopic (exact) mass is 272 g/mol. The van der Waals surface area contributed by atoms with Crippen molar-refractivity contribution in [2.45, 2.75) is 13.8 Å². The third-order valence-corrected chi connectivity index (χ3v) is 2.94. The number of aromatic nitrogens is 2. The van der Waals surface area contributed by atoms with Crippen LogP contribution in [0.15, 0.2) is 30.3 Å².